The number of aromatic nitrogens is 2. The van der Waals surface area contributed by atoms with Gasteiger partial charge in [-0.1, -0.05) is 13.8 Å². The predicted molar refractivity (Wildman–Crippen MR) is 136 cm³/mol. The van der Waals surface area contributed by atoms with Gasteiger partial charge in [0.1, 0.15) is 0 Å². The first-order valence-electron chi connectivity index (χ1n) is 11.4. The predicted octanol–water partition coefficient (Wildman–Crippen LogP) is 2.94. The summed E-state index contributed by atoms with van der Waals surface area (Å²) < 4.78 is 0. The summed E-state index contributed by atoms with van der Waals surface area (Å²) in [5.74, 6) is 3.58. The van der Waals surface area contributed by atoms with Crippen LogP contribution >= 0.6 is 24.0 Å². The summed E-state index contributed by atoms with van der Waals surface area (Å²) in [4.78, 5) is 20.9. The third-order valence-electron chi connectivity index (χ3n) is 5.83. The van der Waals surface area contributed by atoms with Crippen molar-refractivity contribution in [3.63, 3.8) is 0 Å². The Morgan fingerprint density at radius 2 is 1.90 bits per heavy atom. The van der Waals surface area contributed by atoms with Gasteiger partial charge in [-0.3, -0.25) is 9.89 Å². The highest BCUT2D eigenvalue weighted by Crippen LogP contribution is 2.23. The van der Waals surface area contributed by atoms with Crippen LogP contribution in [0.3, 0.4) is 0 Å². The monoisotopic (exact) mass is 529 g/mol. The maximum Gasteiger partial charge on any atom is 0.225 e. The first-order valence-corrected chi connectivity index (χ1v) is 11.4. The first-order chi connectivity index (χ1) is 14.2. The maximum absolute atomic E-state index is 4.93. The molecule has 0 saturated carbocycles. The summed E-state index contributed by atoms with van der Waals surface area (Å²) in [6.45, 7) is 16.2. The summed E-state index contributed by atoms with van der Waals surface area (Å²) in [6, 6.07) is 1.87. The normalized spacial score (nSPS) is 20.5. The van der Waals surface area contributed by atoms with Crippen LogP contribution in [0.25, 0.3) is 0 Å². The van der Waals surface area contributed by atoms with Gasteiger partial charge in [-0.15, -0.1) is 24.0 Å². The molecule has 170 valence electrons. The highest BCUT2D eigenvalue weighted by molar-refractivity contribution is 14.0. The van der Waals surface area contributed by atoms with E-state index in [0.29, 0.717) is 0 Å². The van der Waals surface area contributed by atoms with Gasteiger partial charge in [0, 0.05) is 71.3 Å². The van der Waals surface area contributed by atoms with Gasteiger partial charge < -0.3 is 15.1 Å². The Hall–Kier alpha value is -1.16. The molecule has 1 unspecified atom stereocenters. The fraction of sp³-hybridized carbons (Fsp3) is 0.773. The summed E-state index contributed by atoms with van der Waals surface area (Å²) in [6.07, 6.45) is 7.38. The summed E-state index contributed by atoms with van der Waals surface area (Å²) in [5.41, 5.74) is 0. The van der Waals surface area contributed by atoms with Crippen molar-refractivity contribution in [2.75, 3.05) is 63.8 Å². The number of hydrogen-bond donors (Lipinski definition) is 1. The Morgan fingerprint density at radius 3 is 2.57 bits per heavy atom. The van der Waals surface area contributed by atoms with Crippen molar-refractivity contribution in [2.45, 2.75) is 40.0 Å². The average molecular weight is 530 g/mol. The lowest BCUT2D eigenvalue weighted by atomic mass is 9.97. The van der Waals surface area contributed by atoms with Gasteiger partial charge in [-0.2, -0.15) is 0 Å². The fourth-order valence-corrected chi connectivity index (χ4v) is 4.42. The van der Waals surface area contributed by atoms with Crippen LogP contribution in [0.1, 0.15) is 40.0 Å². The topological polar surface area (TPSA) is 59.9 Å². The molecule has 3 rings (SSSR count). The molecule has 8 heteroatoms. The number of piperazine rings is 1. The molecule has 0 aliphatic carbocycles. The number of likely N-dealkylation sites (tertiary alicyclic amines) is 1. The molecule has 30 heavy (non-hydrogen) atoms. The largest absolute Gasteiger partial charge is 0.357 e. The molecule has 1 aromatic heterocycles. The average Bonchev–Trinajstić information content (AvgIpc) is 3.19. The Labute approximate surface area is 199 Å². The number of nitrogens with one attached hydrogen (secondary N) is 1. The zero-order chi connectivity index (χ0) is 20.5. The molecule has 1 atom stereocenters. The molecule has 2 saturated heterocycles. The van der Waals surface area contributed by atoms with Crippen LogP contribution in [0.5, 0.6) is 0 Å². The lowest BCUT2D eigenvalue weighted by molar-refractivity contribution is 0.255. The molecule has 2 fully saturated rings. The number of rotatable bonds is 8. The maximum atomic E-state index is 4.93. The van der Waals surface area contributed by atoms with Gasteiger partial charge in [0.25, 0.3) is 0 Å². The molecule has 1 N–H and O–H groups in total. The summed E-state index contributed by atoms with van der Waals surface area (Å²) in [7, 11) is 0. The summed E-state index contributed by atoms with van der Waals surface area (Å²) in [5, 5.41) is 3.50. The lowest BCUT2D eigenvalue weighted by Gasteiger charge is -2.34. The van der Waals surface area contributed by atoms with Crippen LogP contribution in [0.15, 0.2) is 23.5 Å². The molecule has 0 bridgehead atoms. The van der Waals surface area contributed by atoms with Crippen LogP contribution in [0.4, 0.5) is 5.95 Å². The second-order valence-electron chi connectivity index (χ2n) is 8.70. The van der Waals surface area contributed by atoms with Crippen LogP contribution in [0.2, 0.25) is 0 Å². The van der Waals surface area contributed by atoms with Crippen molar-refractivity contribution in [2.24, 2.45) is 16.8 Å². The van der Waals surface area contributed by atoms with E-state index in [0.717, 1.165) is 89.1 Å². The van der Waals surface area contributed by atoms with Crippen LogP contribution < -0.4 is 10.2 Å². The Balaban J connectivity index is 0.00000320. The Bertz CT molecular complexity index is 617. The quantitative estimate of drug-likeness (QED) is 0.242. The van der Waals surface area contributed by atoms with Crippen molar-refractivity contribution in [1.82, 2.24) is 25.1 Å². The second kappa shape index (κ2) is 13.3. The van der Waals surface area contributed by atoms with Crippen molar-refractivity contribution >= 4 is 35.9 Å². The third-order valence-corrected chi connectivity index (χ3v) is 5.83. The van der Waals surface area contributed by atoms with Crippen molar-refractivity contribution in [3.8, 4) is 0 Å². The number of guanidine groups is 1. The van der Waals surface area contributed by atoms with Crippen LogP contribution in [-0.4, -0.2) is 84.6 Å². The molecular weight excluding hydrogens is 489 g/mol. The zero-order valence-corrected chi connectivity index (χ0v) is 21.3. The minimum Gasteiger partial charge on any atom is -0.357 e. The molecule has 2 aliphatic rings. The van der Waals surface area contributed by atoms with Gasteiger partial charge in [0.15, 0.2) is 5.96 Å². The van der Waals surface area contributed by atoms with Gasteiger partial charge >= 0.3 is 0 Å². The van der Waals surface area contributed by atoms with Gasteiger partial charge in [-0.25, -0.2) is 9.97 Å². The van der Waals surface area contributed by atoms with Crippen molar-refractivity contribution < 1.29 is 0 Å². The number of hydrogen-bond acceptors (Lipinski definition) is 5. The van der Waals surface area contributed by atoms with E-state index in [1.807, 2.05) is 18.5 Å². The summed E-state index contributed by atoms with van der Waals surface area (Å²) >= 11 is 0. The van der Waals surface area contributed by atoms with Gasteiger partial charge in [0.05, 0.1) is 0 Å². The number of nitrogens with zero attached hydrogens (tertiary/aromatic N) is 6. The minimum absolute atomic E-state index is 0. The number of halogens is 1. The minimum atomic E-state index is 0. The molecule has 0 amide bonds. The molecule has 1 aromatic rings. The molecule has 0 radical (unpaired) electrons. The van der Waals surface area contributed by atoms with Gasteiger partial charge in [0.2, 0.25) is 5.95 Å². The number of aliphatic imine (C=N–C) groups is 1. The smallest absolute Gasteiger partial charge is 0.225 e. The van der Waals surface area contributed by atoms with E-state index in [1.54, 1.807) is 0 Å². The Morgan fingerprint density at radius 1 is 1.17 bits per heavy atom. The van der Waals surface area contributed by atoms with E-state index in [4.69, 9.17) is 4.99 Å². The van der Waals surface area contributed by atoms with Crippen molar-refractivity contribution in [1.29, 1.82) is 0 Å². The van der Waals surface area contributed by atoms with Crippen LogP contribution in [0, 0.1) is 11.8 Å². The number of anilines is 1. The Kier molecular flexibility index (Phi) is 11.1. The standard InChI is InChI=1S/C22H39N7.HI/c1-4-23-21(29-12-7-20(18-29)17-19(2)3)26-10-6-11-27-13-15-28(16-14-27)22-24-8-5-9-25-22;/h5,8-9,19-20H,4,6-7,10-18H2,1-3H3,(H,23,26);1H. The highest BCUT2D eigenvalue weighted by atomic mass is 127. The molecular formula is C22H40IN7. The SMILES string of the molecule is CCNC(=NCCCN1CCN(c2ncccn2)CC1)N1CCC(CC(C)C)C1.I. The fourth-order valence-electron chi connectivity index (χ4n) is 4.42. The van der Waals surface area contributed by atoms with Gasteiger partial charge in [-0.05, 0) is 44.1 Å². The van der Waals surface area contributed by atoms with E-state index in [2.05, 4.69) is 50.8 Å². The van der Waals surface area contributed by atoms with Crippen LogP contribution in [-0.2, 0) is 0 Å². The molecule has 0 spiro atoms. The van der Waals surface area contributed by atoms with E-state index < -0.39 is 0 Å². The third kappa shape index (κ3) is 7.83. The molecule has 0 aromatic carbocycles. The van der Waals surface area contributed by atoms with E-state index in [9.17, 15) is 0 Å². The molecule has 2 aliphatic heterocycles. The lowest BCUT2D eigenvalue weighted by Crippen LogP contribution is -2.47. The highest BCUT2D eigenvalue weighted by Gasteiger charge is 2.25. The molecule has 7 nitrogen and oxygen atoms in total. The van der Waals surface area contributed by atoms with Crippen molar-refractivity contribution in [3.05, 3.63) is 18.5 Å². The molecule has 3 heterocycles. The first kappa shape index (κ1) is 25.1. The van der Waals surface area contributed by atoms with E-state index in [-0.39, 0.29) is 24.0 Å². The zero-order valence-electron chi connectivity index (χ0n) is 19.0. The van der Waals surface area contributed by atoms with E-state index >= 15 is 0 Å². The second-order valence-corrected chi connectivity index (χ2v) is 8.70. The van der Waals surface area contributed by atoms with E-state index in [1.165, 1.54) is 12.8 Å².